The smallest absolute Gasteiger partial charge is 0.330 e. The molecule has 76 valence electrons. The summed E-state index contributed by atoms with van der Waals surface area (Å²) in [4.78, 5) is 32.8. The summed E-state index contributed by atoms with van der Waals surface area (Å²) in [6.07, 6.45) is 1.33. The molecule has 0 aromatic carbocycles. The third-order valence-electron chi connectivity index (χ3n) is 1.68. The molecule has 0 bridgehead atoms. The fourth-order valence-electron chi connectivity index (χ4n) is 0.894. The van der Waals surface area contributed by atoms with Crippen LogP contribution in [-0.4, -0.2) is 27.7 Å². The van der Waals surface area contributed by atoms with Crippen molar-refractivity contribution in [2.24, 2.45) is 0 Å². The summed E-state index contributed by atoms with van der Waals surface area (Å²) in [5.74, 6) is -0.197. The number of rotatable bonds is 3. The summed E-state index contributed by atoms with van der Waals surface area (Å²) in [6, 6.07) is 0. The van der Waals surface area contributed by atoms with Gasteiger partial charge in [-0.2, -0.15) is 5.10 Å². The summed E-state index contributed by atoms with van der Waals surface area (Å²) in [6.45, 7) is 0.148. The highest BCUT2D eigenvalue weighted by Crippen LogP contribution is 1.82. The Labute approximate surface area is 78.8 Å². The van der Waals surface area contributed by atoms with Gasteiger partial charge in [0.05, 0.1) is 0 Å². The molecule has 14 heavy (non-hydrogen) atoms. The van der Waals surface area contributed by atoms with E-state index in [0.717, 1.165) is 4.57 Å². The molecule has 0 atom stereocenters. The highest BCUT2D eigenvalue weighted by atomic mass is 16.2. The second-order valence-electron chi connectivity index (χ2n) is 2.61. The van der Waals surface area contributed by atoms with Crippen molar-refractivity contribution in [1.82, 2.24) is 20.1 Å². The van der Waals surface area contributed by atoms with Crippen LogP contribution in [-0.2, 0) is 11.3 Å². The third-order valence-corrected chi connectivity index (χ3v) is 1.68. The molecule has 1 aromatic heterocycles. The van der Waals surface area contributed by atoms with Gasteiger partial charge in [0.2, 0.25) is 5.91 Å². The molecule has 0 aliphatic rings. The van der Waals surface area contributed by atoms with Gasteiger partial charge in [0.1, 0.15) is 6.33 Å². The Morgan fingerprint density at radius 1 is 1.64 bits per heavy atom. The number of nitrogens with one attached hydrogen (secondary N) is 2. The van der Waals surface area contributed by atoms with Gasteiger partial charge in [0.25, 0.3) is 0 Å². The fraction of sp³-hybridized carbons (Fsp3) is 0.429. The van der Waals surface area contributed by atoms with E-state index in [0.29, 0.717) is 0 Å². The van der Waals surface area contributed by atoms with Gasteiger partial charge < -0.3 is 5.32 Å². The van der Waals surface area contributed by atoms with Gasteiger partial charge in [0.15, 0.2) is 0 Å². The molecule has 0 fully saturated rings. The molecular formula is C7H10N4O3. The highest BCUT2D eigenvalue weighted by molar-refractivity contribution is 5.75. The van der Waals surface area contributed by atoms with E-state index in [1.807, 2.05) is 5.10 Å². The lowest BCUT2D eigenvalue weighted by Crippen LogP contribution is -2.37. The number of aryl methyl sites for hydroxylation is 1. The summed E-state index contributed by atoms with van der Waals surface area (Å²) >= 11 is 0. The van der Waals surface area contributed by atoms with Crippen molar-refractivity contribution in [3.8, 4) is 0 Å². The molecule has 0 radical (unpaired) electrons. The van der Waals surface area contributed by atoms with Crippen LogP contribution in [0.1, 0.15) is 6.42 Å². The molecule has 0 aliphatic heterocycles. The zero-order chi connectivity index (χ0) is 10.6. The topological polar surface area (TPSA) is 96.8 Å². The molecule has 0 aliphatic carbocycles. The number of H-pyrrole nitrogens is 1. The first-order chi connectivity index (χ1) is 6.65. The van der Waals surface area contributed by atoms with Gasteiger partial charge in [-0.25, -0.2) is 5.10 Å². The minimum atomic E-state index is -0.788. The molecular weight excluding hydrogens is 188 g/mol. The summed E-state index contributed by atoms with van der Waals surface area (Å²) in [7, 11) is 1.50. The zero-order valence-corrected chi connectivity index (χ0v) is 7.61. The number of nitrogens with zero attached hydrogens (tertiary/aromatic N) is 2. The lowest BCUT2D eigenvalue weighted by molar-refractivity contribution is -0.120. The molecule has 1 aromatic rings. The Bertz CT molecular complexity index is 433. The van der Waals surface area contributed by atoms with E-state index in [1.165, 1.54) is 13.4 Å². The largest absolute Gasteiger partial charge is 0.359 e. The van der Waals surface area contributed by atoms with E-state index in [4.69, 9.17) is 0 Å². The molecule has 0 saturated heterocycles. The van der Waals surface area contributed by atoms with Crippen LogP contribution in [0, 0.1) is 0 Å². The van der Waals surface area contributed by atoms with Gasteiger partial charge in [-0.05, 0) is 0 Å². The van der Waals surface area contributed by atoms with E-state index in [2.05, 4.69) is 10.4 Å². The minimum Gasteiger partial charge on any atom is -0.359 e. The molecule has 7 heteroatoms. The first-order valence-corrected chi connectivity index (χ1v) is 4.00. The lowest BCUT2D eigenvalue weighted by Gasteiger charge is -2.01. The van der Waals surface area contributed by atoms with E-state index in [-0.39, 0.29) is 18.9 Å². The zero-order valence-electron chi connectivity index (χ0n) is 7.61. The Balaban J connectivity index is 2.78. The fourth-order valence-corrected chi connectivity index (χ4v) is 0.894. The maximum absolute atomic E-state index is 11.1. The maximum atomic E-state index is 11.1. The van der Waals surface area contributed by atoms with Crippen LogP contribution < -0.4 is 16.4 Å². The highest BCUT2D eigenvalue weighted by Gasteiger charge is 2.02. The minimum absolute atomic E-state index is 0.140. The maximum Gasteiger partial charge on any atom is 0.330 e. The van der Waals surface area contributed by atoms with E-state index in [9.17, 15) is 14.4 Å². The second kappa shape index (κ2) is 4.35. The van der Waals surface area contributed by atoms with E-state index >= 15 is 0 Å². The number of carbonyl (C=O) groups is 1. The van der Waals surface area contributed by atoms with Crippen LogP contribution in [0.15, 0.2) is 15.9 Å². The van der Waals surface area contributed by atoms with Crippen LogP contribution in [0.5, 0.6) is 0 Å². The van der Waals surface area contributed by atoms with Crippen molar-refractivity contribution < 1.29 is 4.79 Å². The van der Waals surface area contributed by atoms with Crippen molar-refractivity contribution in [2.75, 3.05) is 7.05 Å². The first kappa shape index (κ1) is 10.2. The molecule has 1 amide bonds. The standard InChI is InChI=1S/C7H10N4O3/c1-8-5(12)2-3-11-4-9-10-6(13)7(11)14/h4H,2-3H2,1H3,(H,8,12)(H,10,13). The quantitative estimate of drug-likeness (QED) is 0.552. The number of aromatic amines is 1. The first-order valence-electron chi connectivity index (χ1n) is 4.00. The number of aromatic nitrogens is 3. The number of hydrogen-bond donors (Lipinski definition) is 2. The number of amides is 1. The van der Waals surface area contributed by atoms with Gasteiger partial charge in [-0.1, -0.05) is 0 Å². The predicted octanol–water partition coefficient (Wildman–Crippen LogP) is -1.93. The van der Waals surface area contributed by atoms with Crippen molar-refractivity contribution in [3.05, 3.63) is 27.0 Å². The Hall–Kier alpha value is -1.92. The van der Waals surface area contributed by atoms with Gasteiger partial charge in [0, 0.05) is 20.0 Å². The van der Waals surface area contributed by atoms with Crippen LogP contribution in [0.3, 0.4) is 0 Å². The van der Waals surface area contributed by atoms with Gasteiger partial charge >= 0.3 is 11.1 Å². The SMILES string of the molecule is CNC(=O)CCn1cn[nH]c(=O)c1=O. The average Bonchev–Trinajstić information content (AvgIpc) is 2.20. The molecule has 7 nitrogen and oxygen atoms in total. The van der Waals surface area contributed by atoms with Crippen LogP contribution >= 0.6 is 0 Å². The molecule has 0 saturated carbocycles. The Morgan fingerprint density at radius 2 is 2.36 bits per heavy atom. The molecule has 0 spiro atoms. The number of hydrogen-bond acceptors (Lipinski definition) is 4. The normalized spacial score (nSPS) is 9.79. The average molecular weight is 198 g/mol. The molecule has 2 N–H and O–H groups in total. The molecule has 0 unspecified atom stereocenters. The van der Waals surface area contributed by atoms with E-state index < -0.39 is 11.1 Å². The van der Waals surface area contributed by atoms with Crippen molar-refractivity contribution in [3.63, 3.8) is 0 Å². The summed E-state index contributed by atoms with van der Waals surface area (Å²) in [5.41, 5.74) is -1.49. The van der Waals surface area contributed by atoms with Gasteiger partial charge in [-0.15, -0.1) is 0 Å². The van der Waals surface area contributed by atoms with Crippen molar-refractivity contribution in [2.45, 2.75) is 13.0 Å². The second-order valence-corrected chi connectivity index (χ2v) is 2.61. The summed E-state index contributed by atoms with van der Waals surface area (Å²) < 4.78 is 1.09. The Kier molecular flexibility index (Phi) is 3.16. The van der Waals surface area contributed by atoms with Gasteiger partial charge in [-0.3, -0.25) is 19.0 Å². The monoisotopic (exact) mass is 198 g/mol. The van der Waals surface area contributed by atoms with Crippen molar-refractivity contribution >= 4 is 5.91 Å². The van der Waals surface area contributed by atoms with Crippen LogP contribution in [0.2, 0.25) is 0 Å². The Morgan fingerprint density at radius 3 is 3.00 bits per heavy atom. The van der Waals surface area contributed by atoms with Crippen LogP contribution in [0.25, 0.3) is 0 Å². The molecule has 1 rings (SSSR count). The summed E-state index contributed by atoms with van der Waals surface area (Å²) in [5, 5.41) is 7.85. The molecule has 1 heterocycles. The van der Waals surface area contributed by atoms with Crippen LogP contribution in [0.4, 0.5) is 0 Å². The predicted molar refractivity (Wildman–Crippen MR) is 47.8 cm³/mol. The third kappa shape index (κ3) is 2.28. The number of carbonyl (C=O) groups excluding carboxylic acids is 1. The van der Waals surface area contributed by atoms with Crippen molar-refractivity contribution in [1.29, 1.82) is 0 Å². The van der Waals surface area contributed by atoms with E-state index in [1.54, 1.807) is 0 Å². The lowest BCUT2D eigenvalue weighted by atomic mass is 10.4.